The van der Waals surface area contributed by atoms with Crippen molar-refractivity contribution in [2.24, 2.45) is 0 Å². The van der Waals surface area contributed by atoms with Gasteiger partial charge in [-0.3, -0.25) is 9.59 Å². The molecule has 2 aromatic rings. The molecule has 4 rings (SSSR count). The highest BCUT2D eigenvalue weighted by atomic mass is 32.1. The van der Waals surface area contributed by atoms with E-state index in [-0.39, 0.29) is 24.3 Å². The average Bonchev–Trinajstić information content (AvgIpc) is 2.78. The minimum Gasteiger partial charge on any atom is -0.493 e. The highest BCUT2D eigenvalue weighted by Crippen LogP contribution is 2.37. The van der Waals surface area contributed by atoms with E-state index >= 15 is 0 Å². The fraction of sp³-hybridized carbons (Fsp3) is 0.292. The fourth-order valence-electron chi connectivity index (χ4n) is 3.98. The third kappa shape index (κ3) is 4.60. The van der Waals surface area contributed by atoms with Crippen LogP contribution in [0, 0.1) is 6.92 Å². The van der Waals surface area contributed by atoms with Crippen molar-refractivity contribution in [1.29, 1.82) is 0 Å². The van der Waals surface area contributed by atoms with E-state index in [1.807, 2.05) is 43.3 Å². The van der Waals surface area contributed by atoms with Crippen LogP contribution >= 0.6 is 12.2 Å². The zero-order chi connectivity index (χ0) is 22.7. The maximum absolute atomic E-state index is 12.6. The van der Waals surface area contributed by atoms with Gasteiger partial charge in [-0.1, -0.05) is 24.3 Å². The molecule has 0 fully saturated rings. The maximum atomic E-state index is 12.6. The number of Topliss-reactive ketones (excluding diaryl/α,β-unsaturated/α-hetero) is 1. The molecule has 1 amide bonds. The summed E-state index contributed by atoms with van der Waals surface area (Å²) in [7, 11) is 1.54. The number of hydrogen-bond acceptors (Lipinski definition) is 5. The Balaban J connectivity index is 1.50. The van der Waals surface area contributed by atoms with E-state index in [1.165, 1.54) is 7.11 Å². The van der Waals surface area contributed by atoms with Gasteiger partial charge in [0, 0.05) is 23.4 Å². The van der Waals surface area contributed by atoms with Crippen LogP contribution < -0.4 is 25.4 Å². The third-order valence-corrected chi connectivity index (χ3v) is 5.80. The number of ketones is 1. The minimum atomic E-state index is -0.348. The van der Waals surface area contributed by atoms with Gasteiger partial charge in [-0.2, -0.15) is 0 Å². The Kier molecular flexibility index (Phi) is 6.41. The van der Waals surface area contributed by atoms with Crippen LogP contribution in [0.4, 0.5) is 5.69 Å². The number of amides is 1. The molecule has 0 saturated heterocycles. The van der Waals surface area contributed by atoms with Crippen molar-refractivity contribution < 1.29 is 19.1 Å². The summed E-state index contributed by atoms with van der Waals surface area (Å²) < 4.78 is 11.2. The van der Waals surface area contributed by atoms with Gasteiger partial charge in [0.25, 0.3) is 5.91 Å². The highest BCUT2D eigenvalue weighted by Gasteiger charge is 2.33. The van der Waals surface area contributed by atoms with Gasteiger partial charge in [0.05, 0.1) is 13.2 Å². The van der Waals surface area contributed by atoms with Crippen molar-refractivity contribution >= 4 is 34.7 Å². The largest absolute Gasteiger partial charge is 0.493 e. The number of hydrogen-bond donors (Lipinski definition) is 3. The second-order valence-corrected chi connectivity index (χ2v) is 8.17. The summed E-state index contributed by atoms with van der Waals surface area (Å²) in [5.74, 6) is 0.768. The number of aryl methyl sites for hydroxylation is 1. The summed E-state index contributed by atoms with van der Waals surface area (Å²) in [4.78, 5) is 24.9. The number of rotatable bonds is 6. The topological polar surface area (TPSA) is 88.7 Å². The molecule has 32 heavy (non-hydrogen) atoms. The summed E-state index contributed by atoms with van der Waals surface area (Å²) in [6, 6.07) is 12.6. The molecule has 8 heteroatoms. The number of methoxy groups -OCH3 is 1. The van der Waals surface area contributed by atoms with Crippen molar-refractivity contribution in [2.75, 3.05) is 19.0 Å². The van der Waals surface area contributed by atoms with Gasteiger partial charge < -0.3 is 25.4 Å². The van der Waals surface area contributed by atoms with E-state index in [2.05, 4.69) is 16.0 Å². The lowest BCUT2D eigenvalue weighted by atomic mass is 9.85. The first-order valence-corrected chi connectivity index (χ1v) is 10.9. The molecule has 1 atom stereocenters. The number of anilines is 1. The van der Waals surface area contributed by atoms with Crippen LogP contribution in [0.15, 0.2) is 53.7 Å². The van der Waals surface area contributed by atoms with Gasteiger partial charge >= 0.3 is 0 Å². The van der Waals surface area contributed by atoms with E-state index in [4.69, 9.17) is 21.7 Å². The van der Waals surface area contributed by atoms with Crippen molar-refractivity contribution in [2.45, 2.75) is 32.2 Å². The summed E-state index contributed by atoms with van der Waals surface area (Å²) in [6.07, 6.45) is 2.15. The zero-order valence-electron chi connectivity index (χ0n) is 18.0. The molecular formula is C24H25N3O4S. The van der Waals surface area contributed by atoms with Crippen LogP contribution in [0.3, 0.4) is 0 Å². The highest BCUT2D eigenvalue weighted by molar-refractivity contribution is 7.80. The quantitative estimate of drug-likeness (QED) is 0.579. The van der Waals surface area contributed by atoms with Crippen molar-refractivity contribution in [3.63, 3.8) is 0 Å². The van der Waals surface area contributed by atoms with E-state index in [1.54, 1.807) is 6.07 Å². The first kappa shape index (κ1) is 21.8. The molecule has 0 aromatic heterocycles. The lowest BCUT2D eigenvalue weighted by molar-refractivity contribution is -0.118. The van der Waals surface area contributed by atoms with Crippen molar-refractivity contribution in [3.8, 4) is 11.5 Å². The fourth-order valence-corrected chi connectivity index (χ4v) is 4.22. The SMILES string of the molecule is COc1cc(C2NC(=S)NC3=C2C(=O)CCC3)ccc1OCC(=O)Nc1ccccc1C. The van der Waals surface area contributed by atoms with Gasteiger partial charge in [0.15, 0.2) is 29.0 Å². The smallest absolute Gasteiger partial charge is 0.262 e. The third-order valence-electron chi connectivity index (χ3n) is 5.58. The molecule has 0 spiro atoms. The molecule has 7 nitrogen and oxygen atoms in total. The Bertz CT molecular complexity index is 1110. The van der Waals surface area contributed by atoms with E-state index < -0.39 is 0 Å². The second kappa shape index (κ2) is 9.40. The molecule has 0 saturated carbocycles. The van der Waals surface area contributed by atoms with Gasteiger partial charge in [0.2, 0.25) is 0 Å². The van der Waals surface area contributed by atoms with E-state index in [0.717, 1.165) is 40.9 Å². The molecule has 1 aliphatic heterocycles. The average molecular weight is 452 g/mol. The lowest BCUT2D eigenvalue weighted by Crippen LogP contribution is -2.46. The van der Waals surface area contributed by atoms with Crippen LogP contribution in [0.2, 0.25) is 0 Å². The summed E-state index contributed by atoms with van der Waals surface area (Å²) >= 11 is 5.34. The molecule has 1 unspecified atom stereocenters. The maximum Gasteiger partial charge on any atom is 0.262 e. The Morgan fingerprint density at radius 3 is 2.78 bits per heavy atom. The zero-order valence-corrected chi connectivity index (χ0v) is 18.8. The number of benzene rings is 2. The van der Waals surface area contributed by atoms with Gasteiger partial charge in [0.1, 0.15) is 0 Å². The van der Waals surface area contributed by atoms with E-state index in [9.17, 15) is 9.59 Å². The molecule has 1 aliphatic carbocycles. The minimum absolute atomic E-state index is 0.117. The molecule has 0 radical (unpaired) electrons. The Morgan fingerprint density at radius 2 is 2.00 bits per heavy atom. The Morgan fingerprint density at radius 1 is 1.19 bits per heavy atom. The van der Waals surface area contributed by atoms with Crippen LogP contribution in [-0.4, -0.2) is 30.5 Å². The number of nitrogens with one attached hydrogen (secondary N) is 3. The lowest BCUT2D eigenvalue weighted by Gasteiger charge is -2.34. The normalized spacial score (nSPS) is 17.8. The summed E-state index contributed by atoms with van der Waals surface area (Å²) in [6.45, 7) is 1.77. The first-order valence-electron chi connectivity index (χ1n) is 10.5. The molecule has 2 aliphatic rings. The number of ether oxygens (including phenoxy) is 2. The van der Waals surface area contributed by atoms with Gasteiger partial charge in [-0.25, -0.2) is 0 Å². The Labute approximate surface area is 192 Å². The van der Waals surface area contributed by atoms with Crippen LogP contribution in [0.1, 0.15) is 36.4 Å². The number of thiocarbonyl (C=S) groups is 1. The van der Waals surface area contributed by atoms with Crippen molar-refractivity contribution in [1.82, 2.24) is 10.6 Å². The predicted molar refractivity (Wildman–Crippen MR) is 126 cm³/mol. The monoisotopic (exact) mass is 451 g/mol. The molecule has 0 bridgehead atoms. The number of carbonyl (C=O) groups excluding carboxylic acids is 2. The summed E-state index contributed by atoms with van der Waals surface area (Å²) in [5, 5.41) is 9.66. The van der Waals surface area contributed by atoms with Crippen LogP contribution in [0.5, 0.6) is 11.5 Å². The van der Waals surface area contributed by atoms with Crippen LogP contribution in [-0.2, 0) is 9.59 Å². The molecule has 2 aromatic carbocycles. The van der Waals surface area contributed by atoms with Gasteiger partial charge in [-0.15, -0.1) is 0 Å². The number of allylic oxidation sites excluding steroid dienone is 1. The second-order valence-electron chi connectivity index (χ2n) is 7.76. The van der Waals surface area contributed by atoms with Crippen molar-refractivity contribution in [3.05, 3.63) is 64.9 Å². The van der Waals surface area contributed by atoms with E-state index in [0.29, 0.717) is 23.0 Å². The Hall–Kier alpha value is -3.39. The molecule has 166 valence electrons. The summed E-state index contributed by atoms with van der Waals surface area (Å²) in [5.41, 5.74) is 4.17. The number of carbonyl (C=O) groups is 2. The van der Waals surface area contributed by atoms with Gasteiger partial charge in [-0.05, 0) is 61.3 Å². The standard InChI is InChI=1S/C24H25N3O4S/c1-14-6-3-4-7-16(14)25-21(29)13-31-19-11-10-15(12-20(19)30-2)23-22-17(26-24(32)27-23)8-5-9-18(22)28/h3-4,6-7,10-12,23H,5,8-9,13H2,1-2H3,(H,25,29)(H2,26,27,32). The molecule has 1 heterocycles. The first-order chi connectivity index (χ1) is 15.5. The molecule has 3 N–H and O–H groups in total. The predicted octanol–water partition coefficient (Wildman–Crippen LogP) is 3.55. The molecular weight excluding hydrogens is 426 g/mol. The van der Waals surface area contributed by atoms with Crippen LogP contribution in [0.25, 0.3) is 0 Å². The number of para-hydroxylation sites is 1.